The fourth-order valence-electron chi connectivity index (χ4n) is 4.35. The molecule has 1 aromatic heterocycles. The third kappa shape index (κ3) is 3.41. The molecule has 1 unspecified atom stereocenters. The minimum atomic E-state index is 0.294. The summed E-state index contributed by atoms with van der Waals surface area (Å²) < 4.78 is 2.15. The van der Waals surface area contributed by atoms with E-state index < -0.39 is 0 Å². The Bertz CT molecular complexity index is 615. The molecule has 1 amide bonds. The zero-order valence-corrected chi connectivity index (χ0v) is 14.5. The molecule has 0 aromatic carbocycles. The van der Waals surface area contributed by atoms with Crippen molar-refractivity contribution >= 4 is 5.91 Å². The summed E-state index contributed by atoms with van der Waals surface area (Å²) >= 11 is 0. The number of amides is 1. The van der Waals surface area contributed by atoms with Crippen molar-refractivity contribution in [3.63, 3.8) is 0 Å². The van der Waals surface area contributed by atoms with E-state index in [2.05, 4.69) is 31.7 Å². The smallest absolute Gasteiger partial charge is 0.227 e. The highest BCUT2D eigenvalue weighted by Gasteiger charge is 2.30. The van der Waals surface area contributed by atoms with Crippen LogP contribution in [0.2, 0.25) is 0 Å². The fourth-order valence-corrected chi connectivity index (χ4v) is 4.35. The van der Waals surface area contributed by atoms with Gasteiger partial charge >= 0.3 is 0 Å². The van der Waals surface area contributed by atoms with Gasteiger partial charge in [-0.2, -0.15) is 5.10 Å². The van der Waals surface area contributed by atoms with Crippen molar-refractivity contribution in [2.24, 2.45) is 0 Å². The molecule has 5 heteroatoms. The van der Waals surface area contributed by atoms with E-state index in [1.54, 1.807) is 0 Å². The molecule has 0 saturated carbocycles. The first-order valence-corrected chi connectivity index (χ1v) is 9.50. The highest BCUT2D eigenvalue weighted by molar-refractivity contribution is 5.79. The molecule has 3 aliphatic rings. The lowest BCUT2D eigenvalue weighted by atomic mass is 9.96. The summed E-state index contributed by atoms with van der Waals surface area (Å²) in [7, 11) is 0. The van der Waals surface area contributed by atoms with E-state index in [4.69, 9.17) is 0 Å². The summed E-state index contributed by atoms with van der Waals surface area (Å²) in [5, 5.41) is 4.53. The Morgan fingerprint density at radius 3 is 2.88 bits per heavy atom. The molecule has 1 aromatic rings. The van der Waals surface area contributed by atoms with E-state index in [0.717, 1.165) is 25.9 Å². The van der Waals surface area contributed by atoms with Crippen LogP contribution in [0.1, 0.15) is 56.7 Å². The minimum Gasteiger partial charge on any atom is -0.334 e. The Balaban J connectivity index is 1.44. The van der Waals surface area contributed by atoms with Crippen LogP contribution >= 0.6 is 0 Å². The molecule has 2 aliphatic heterocycles. The van der Waals surface area contributed by atoms with E-state index in [1.807, 2.05) is 6.20 Å². The maximum absolute atomic E-state index is 12.8. The van der Waals surface area contributed by atoms with Crippen LogP contribution in [0.25, 0.3) is 0 Å². The van der Waals surface area contributed by atoms with Crippen LogP contribution in [0, 0.1) is 0 Å². The van der Waals surface area contributed by atoms with Crippen LogP contribution in [0.5, 0.6) is 0 Å². The summed E-state index contributed by atoms with van der Waals surface area (Å²) in [4.78, 5) is 17.4. The van der Waals surface area contributed by atoms with E-state index in [9.17, 15) is 4.79 Å². The van der Waals surface area contributed by atoms with E-state index >= 15 is 0 Å². The van der Waals surface area contributed by atoms with Crippen LogP contribution in [0.15, 0.2) is 23.9 Å². The maximum atomic E-state index is 12.8. The van der Waals surface area contributed by atoms with Crippen molar-refractivity contribution in [2.75, 3.05) is 26.2 Å². The zero-order valence-electron chi connectivity index (χ0n) is 14.5. The normalized spacial score (nSPS) is 24.8. The van der Waals surface area contributed by atoms with Crippen LogP contribution in [-0.4, -0.2) is 51.7 Å². The number of aromatic nitrogens is 2. The second kappa shape index (κ2) is 7.09. The molecule has 5 nitrogen and oxygen atoms in total. The molecule has 1 saturated heterocycles. The van der Waals surface area contributed by atoms with E-state index in [0.29, 0.717) is 24.9 Å². The zero-order chi connectivity index (χ0) is 16.4. The summed E-state index contributed by atoms with van der Waals surface area (Å²) in [6.07, 6.45) is 12.2. The predicted molar refractivity (Wildman–Crippen MR) is 93.5 cm³/mol. The summed E-state index contributed by atoms with van der Waals surface area (Å²) in [6, 6.07) is 2.36. The standard InChI is InChI=1S/C19H28N4O/c24-19(12-16-6-2-1-3-7-16)22-14-17-8-9-20-23(17)18(15-22)13-21-10-4-5-11-21/h6,8-9,18H,1-5,7,10-15H2. The molecule has 0 radical (unpaired) electrons. The second-order valence-electron chi connectivity index (χ2n) is 7.49. The summed E-state index contributed by atoms with van der Waals surface area (Å²) in [6.45, 7) is 4.91. The molecule has 0 spiro atoms. The van der Waals surface area contributed by atoms with Crippen molar-refractivity contribution < 1.29 is 4.79 Å². The number of fused-ring (bicyclic) bond motifs is 1. The maximum Gasteiger partial charge on any atom is 0.227 e. The Morgan fingerprint density at radius 1 is 1.21 bits per heavy atom. The Hall–Kier alpha value is -1.62. The van der Waals surface area contributed by atoms with Crippen LogP contribution in [-0.2, 0) is 11.3 Å². The first kappa shape index (κ1) is 15.9. The van der Waals surface area contributed by atoms with Crippen molar-refractivity contribution in [3.8, 4) is 0 Å². The van der Waals surface area contributed by atoms with Crippen LogP contribution < -0.4 is 0 Å². The Kier molecular flexibility index (Phi) is 4.69. The molecule has 3 heterocycles. The van der Waals surface area contributed by atoms with Gasteiger partial charge in [0.1, 0.15) is 0 Å². The monoisotopic (exact) mass is 328 g/mol. The first-order chi connectivity index (χ1) is 11.8. The third-order valence-electron chi connectivity index (χ3n) is 5.67. The molecule has 130 valence electrons. The van der Waals surface area contributed by atoms with Gasteiger partial charge in [0, 0.05) is 25.7 Å². The van der Waals surface area contributed by atoms with Crippen molar-refractivity contribution in [2.45, 2.75) is 57.5 Å². The highest BCUT2D eigenvalue weighted by Crippen LogP contribution is 2.26. The molecular formula is C19H28N4O. The lowest BCUT2D eigenvalue weighted by molar-refractivity contribution is -0.132. The molecule has 0 N–H and O–H groups in total. The van der Waals surface area contributed by atoms with Crippen LogP contribution in [0.3, 0.4) is 0 Å². The fraction of sp³-hybridized carbons (Fsp3) is 0.684. The van der Waals surface area contributed by atoms with Crippen LogP contribution in [0.4, 0.5) is 0 Å². The molecule has 4 rings (SSSR count). The van der Waals surface area contributed by atoms with Gasteiger partial charge in [-0.05, 0) is 57.7 Å². The van der Waals surface area contributed by atoms with Gasteiger partial charge in [0.2, 0.25) is 5.91 Å². The summed E-state index contributed by atoms with van der Waals surface area (Å²) in [5.74, 6) is 0.294. The average Bonchev–Trinajstić information content (AvgIpc) is 3.27. The lowest BCUT2D eigenvalue weighted by Crippen LogP contribution is -2.45. The molecular weight excluding hydrogens is 300 g/mol. The lowest BCUT2D eigenvalue weighted by Gasteiger charge is -2.36. The average molecular weight is 328 g/mol. The Labute approximate surface area is 144 Å². The number of nitrogens with zero attached hydrogens (tertiary/aromatic N) is 4. The highest BCUT2D eigenvalue weighted by atomic mass is 16.2. The van der Waals surface area contributed by atoms with Gasteiger partial charge in [0.15, 0.2) is 0 Å². The van der Waals surface area contributed by atoms with Gasteiger partial charge < -0.3 is 9.80 Å². The first-order valence-electron chi connectivity index (χ1n) is 9.50. The van der Waals surface area contributed by atoms with E-state index in [-0.39, 0.29) is 0 Å². The van der Waals surface area contributed by atoms with E-state index in [1.165, 1.54) is 50.0 Å². The number of carbonyl (C=O) groups is 1. The molecule has 1 fully saturated rings. The number of rotatable bonds is 4. The SMILES string of the molecule is O=C(CC1=CCCCC1)N1Cc2ccnn2C(CN2CCCC2)C1. The quantitative estimate of drug-likeness (QED) is 0.798. The predicted octanol–water partition coefficient (Wildman–Crippen LogP) is 2.75. The minimum absolute atomic E-state index is 0.294. The van der Waals surface area contributed by atoms with Gasteiger partial charge in [-0.3, -0.25) is 9.48 Å². The number of hydrogen-bond acceptors (Lipinski definition) is 3. The van der Waals surface area contributed by atoms with Crippen molar-refractivity contribution in [1.82, 2.24) is 19.6 Å². The van der Waals surface area contributed by atoms with Gasteiger partial charge in [-0.1, -0.05) is 11.6 Å². The number of hydrogen-bond donors (Lipinski definition) is 0. The van der Waals surface area contributed by atoms with Gasteiger partial charge in [0.05, 0.1) is 18.3 Å². The second-order valence-corrected chi connectivity index (χ2v) is 7.49. The number of allylic oxidation sites excluding steroid dienone is 1. The Morgan fingerprint density at radius 2 is 2.08 bits per heavy atom. The third-order valence-corrected chi connectivity index (χ3v) is 5.67. The van der Waals surface area contributed by atoms with Gasteiger partial charge in [-0.25, -0.2) is 0 Å². The topological polar surface area (TPSA) is 41.4 Å². The number of carbonyl (C=O) groups excluding carboxylic acids is 1. The number of likely N-dealkylation sites (tertiary alicyclic amines) is 1. The molecule has 0 bridgehead atoms. The van der Waals surface area contributed by atoms with Crippen molar-refractivity contribution in [3.05, 3.63) is 29.6 Å². The molecule has 1 aliphatic carbocycles. The largest absolute Gasteiger partial charge is 0.334 e. The molecule has 24 heavy (non-hydrogen) atoms. The van der Waals surface area contributed by atoms with Gasteiger partial charge in [-0.15, -0.1) is 0 Å². The summed E-state index contributed by atoms with van der Waals surface area (Å²) in [5.41, 5.74) is 2.53. The van der Waals surface area contributed by atoms with Crippen molar-refractivity contribution in [1.29, 1.82) is 0 Å². The molecule has 1 atom stereocenters. The van der Waals surface area contributed by atoms with Gasteiger partial charge in [0.25, 0.3) is 0 Å².